The summed E-state index contributed by atoms with van der Waals surface area (Å²) in [5.74, 6) is 1.27. The first-order valence-corrected chi connectivity index (χ1v) is 19.6. The van der Waals surface area contributed by atoms with Gasteiger partial charge in [0.05, 0.1) is 16.6 Å². The SMILES string of the molecule is CC1(C)c2cc(C3=CC=C(c4cc5c6ccc7c8ccccc8oc7c6n6c5c(c4)c4ccc5c7ccccc7oc5c46)CC3)ccc2C2CCC=CC21. The summed E-state index contributed by atoms with van der Waals surface area (Å²) in [5.41, 5.74) is 15.9. The molecule has 2 atom stereocenters. The second-order valence-electron chi connectivity index (χ2n) is 16.7. The van der Waals surface area contributed by atoms with E-state index in [2.05, 4.69) is 146 Å². The van der Waals surface area contributed by atoms with Gasteiger partial charge in [-0.15, -0.1) is 0 Å². The zero-order valence-electron chi connectivity index (χ0n) is 30.4. The Hall–Kier alpha value is -6.06. The quantitative estimate of drug-likeness (QED) is 0.169. The van der Waals surface area contributed by atoms with Gasteiger partial charge in [0.1, 0.15) is 11.2 Å². The average Bonchev–Trinajstić information content (AvgIpc) is 4.00. The fourth-order valence-electron chi connectivity index (χ4n) is 11.1. The van der Waals surface area contributed by atoms with E-state index in [-0.39, 0.29) is 5.41 Å². The first-order valence-electron chi connectivity index (χ1n) is 19.6. The van der Waals surface area contributed by atoms with Crippen molar-refractivity contribution < 1.29 is 8.83 Å². The first kappa shape index (κ1) is 29.4. The Morgan fingerprint density at radius 2 is 1.17 bits per heavy atom. The predicted octanol–water partition coefficient (Wildman–Crippen LogP) is 14.2. The highest BCUT2D eigenvalue weighted by Gasteiger charge is 2.45. The second-order valence-corrected chi connectivity index (χ2v) is 16.7. The van der Waals surface area contributed by atoms with Crippen LogP contribution in [0.4, 0.5) is 0 Å². The van der Waals surface area contributed by atoms with E-state index in [1.807, 2.05) is 0 Å². The van der Waals surface area contributed by atoms with E-state index in [9.17, 15) is 0 Å². The van der Waals surface area contributed by atoms with Crippen molar-refractivity contribution in [3.05, 3.63) is 150 Å². The number of furan rings is 2. The van der Waals surface area contributed by atoms with Crippen molar-refractivity contribution in [3.63, 3.8) is 0 Å². The van der Waals surface area contributed by atoms with Gasteiger partial charge in [-0.25, -0.2) is 0 Å². The van der Waals surface area contributed by atoms with Gasteiger partial charge in [0, 0.05) is 43.1 Å². The summed E-state index contributed by atoms with van der Waals surface area (Å²) < 4.78 is 15.9. The Balaban J connectivity index is 1.04. The summed E-state index contributed by atoms with van der Waals surface area (Å²) in [7, 11) is 0. The summed E-state index contributed by atoms with van der Waals surface area (Å²) in [4.78, 5) is 0. The normalized spacial score (nSPS) is 19.7. The predicted molar refractivity (Wildman–Crippen MR) is 225 cm³/mol. The maximum atomic E-state index is 6.74. The number of rotatable bonds is 2. The number of allylic oxidation sites excluding steroid dienone is 6. The van der Waals surface area contributed by atoms with Gasteiger partial charge in [-0.2, -0.15) is 0 Å². The van der Waals surface area contributed by atoms with Crippen LogP contribution < -0.4 is 0 Å². The van der Waals surface area contributed by atoms with Crippen molar-refractivity contribution in [2.45, 2.75) is 50.9 Å². The highest BCUT2D eigenvalue weighted by Crippen LogP contribution is 2.55. The van der Waals surface area contributed by atoms with Crippen LogP contribution in [0.25, 0.3) is 93.1 Å². The van der Waals surface area contributed by atoms with Crippen molar-refractivity contribution in [3.8, 4) is 0 Å². The number of hydrogen-bond donors (Lipinski definition) is 0. The average molecular weight is 696 g/mol. The van der Waals surface area contributed by atoms with E-state index >= 15 is 0 Å². The van der Waals surface area contributed by atoms with E-state index in [4.69, 9.17) is 8.83 Å². The molecule has 0 amide bonds. The van der Waals surface area contributed by atoms with Crippen LogP contribution >= 0.6 is 0 Å². The molecule has 0 radical (unpaired) electrons. The molecular weight excluding hydrogens is 659 g/mol. The third-order valence-electron chi connectivity index (χ3n) is 13.7. The molecule has 3 heteroatoms. The molecule has 4 aromatic heterocycles. The zero-order chi connectivity index (χ0) is 35.4. The molecular formula is C51H37NO2. The lowest BCUT2D eigenvalue weighted by Crippen LogP contribution is -2.25. The number of hydrogen-bond acceptors (Lipinski definition) is 2. The minimum atomic E-state index is 0.165. The third-order valence-corrected chi connectivity index (χ3v) is 13.7. The van der Waals surface area contributed by atoms with Crippen molar-refractivity contribution in [2.75, 3.05) is 0 Å². The molecule has 258 valence electrons. The molecule has 2 unspecified atom stereocenters. The molecule has 0 bridgehead atoms. The summed E-state index contributed by atoms with van der Waals surface area (Å²) in [6.07, 6.45) is 14.2. The Morgan fingerprint density at radius 1 is 0.574 bits per heavy atom. The highest BCUT2D eigenvalue weighted by molar-refractivity contribution is 6.31. The van der Waals surface area contributed by atoms with Gasteiger partial charge in [-0.05, 0) is 113 Å². The molecule has 0 saturated heterocycles. The molecule has 0 fully saturated rings. The Morgan fingerprint density at radius 3 is 1.80 bits per heavy atom. The van der Waals surface area contributed by atoms with E-state index in [0.29, 0.717) is 11.8 Å². The molecule has 6 aromatic carbocycles. The fraction of sp³-hybridized carbons (Fsp3) is 0.176. The van der Waals surface area contributed by atoms with Gasteiger partial charge in [0.15, 0.2) is 11.2 Å². The van der Waals surface area contributed by atoms with Gasteiger partial charge in [-0.3, -0.25) is 0 Å². The minimum absolute atomic E-state index is 0.165. The van der Waals surface area contributed by atoms with Crippen LogP contribution in [0.5, 0.6) is 0 Å². The molecule has 3 aliphatic rings. The van der Waals surface area contributed by atoms with Gasteiger partial charge in [-0.1, -0.05) is 105 Å². The second kappa shape index (κ2) is 10.1. The molecule has 0 saturated carbocycles. The first-order chi connectivity index (χ1) is 26.5. The minimum Gasteiger partial charge on any atom is -0.454 e. The lowest BCUT2D eigenvalue weighted by molar-refractivity contribution is 0.347. The van der Waals surface area contributed by atoms with Crippen molar-refractivity contribution in [1.82, 2.24) is 4.40 Å². The smallest absolute Gasteiger partial charge is 0.160 e. The standard InChI is InChI=1S/C51H37NO2/c1-51(2)42-12-6-3-9-32(42)33-20-19-30(27-43(33)51)28-15-17-29(18-16-28)31-25-40-36-21-23-38-34-10-4-7-13-44(34)53-49(38)47(36)52-46(40)41(26-31)37-22-24-39-35-11-5-8-14-45(35)54-50(39)48(37)52/h4-8,10-15,17,19-27,32,42H,3,9,16,18H2,1-2H3. The molecule has 10 aromatic rings. The number of fused-ring (bicyclic) bond motifs is 17. The van der Waals surface area contributed by atoms with Crippen molar-refractivity contribution in [2.24, 2.45) is 5.92 Å². The van der Waals surface area contributed by atoms with Gasteiger partial charge >= 0.3 is 0 Å². The molecule has 3 nitrogen and oxygen atoms in total. The Bertz CT molecular complexity index is 3210. The highest BCUT2D eigenvalue weighted by atomic mass is 16.3. The van der Waals surface area contributed by atoms with Crippen LogP contribution in [0.3, 0.4) is 0 Å². The summed E-state index contributed by atoms with van der Waals surface area (Å²) >= 11 is 0. The van der Waals surface area contributed by atoms with E-state index in [1.54, 1.807) is 11.1 Å². The topological polar surface area (TPSA) is 30.7 Å². The molecule has 0 N–H and O–H groups in total. The fourth-order valence-corrected chi connectivity index (χ4v) is 11.1. The largest absolute Gasteiger partial charge is 0.454 e. The van der Waals surface area contributed by atoms with E-state index in [1.165, 1.54) is 62.2 Å². The number of aromatic nitrogens is 1. The van der Waals surface area contributed by atoms with Crippen LogP contribution in [0.1, 0.15) is 67.7 Å². The Labute approximate surface area is 311 Å². The third kappa shape index (κ3) is 3.63. The molecule has 4 heterocycles. The summed E-state index contributed by atoms with van der Waals surface area (Å²) in [6, 6.07) is 38.2. The Kier molecular flexibility index (Phi) is 5.51. The number of nitrogens with zero attached hydrogens (tertiary/aromatic N) is 1. The van der Waals surface area contributed by atoms with Crippen LogP contribution in [0.2, 0.25) is 0 Å². The number of benzene rings is 6. The number of para-hydroxylation sites is 2. The molecule has 0 spiro atoms. The summed E-state index contributed by atoms with van der Waals surface area (Å²) in [5, 5.41) is 9.50. The molecule has 54 heavy (non-hydrogen) atoms. The van der Waals surface area contributed by atoms with Crippen LogP contribution in [-0.4, -0.2) is 4.40 Å². The van der Waals surface area contributed by atoms with Gasteiger partial charge in [0.2, 0.25) is 0 Å². The van der Waals surface area contributed by atoms with E-state index in [0.717, 1.165) is 67.8 Å². The monoisotopic (exact) mass is 695 g/mol. The van der Waals surface area contributed by atoms with Gasteiger partial charge < -0.3 is 13.2 Å². The molecule has 3 aliphatic carbocycles. The van der Waals surface area contributed by atoms with Gasteiger partial charge in [0.25, 0.3) is 0 Å². The summed E-state index contributed by atoms with van der Waals surface area (Å²) in [6.45, 7) is 4.91. The molecule has 13 rings (SSSR count). The van der Waals surface area contributed by atoms with Crippen LogP contribution in [-0.2, 0) is 5.41 Å². The van der Waals surface area contributed by atoms with Crippen molar-refractivity contribution in [1.29, 1.82) is 0 Å². The van der Waals surface area contributed by atoms with E-state index < -0.39 is 0 Å². The van der Waals surface area contributed by atoms with Crippen LogP contribution in [0.15, 0.2) is 136 Å². The maximum absolute atomic E-state index is 6.74. The van der Waals surface area contributed by atoms with Crippen molar-refractivity contribution >= 4 is 93.1 Å². The lowest BCUT2D eigenvalue weighted by atomic mass is 9.73. The lowest BCUT2D eigenvalue weighted by Gasteiger charge is -2.31. The zero-order valence-corrected chi connectivity index (χ0v) is 30.4. The maximum Gasteiger partial charge on any atom is 0.160 e. The molecule has 0 aliphatic heterocycles. The van der Waals surface area contributed by atoms with Crippen LogP contribution in [0, 0.1) is 5.92 Å².